The van der Waals surface area contributed by atoms with Crippen molar-refractivity contribution < 1.29 is 9.53 Å². The third-order valence-electron chi connectivity index (χ3n) is 4.01. The Hall–Kier alpha value is -2.32. The van der Waals surface area contributed by atoms with Crippen molar-refractivity contribution in [2.24, 2.45) is 10.7 Å². The van der Waals surface area contributed by atoms with Crippen LogP contribution in [0.3, 0.4) is 0 Å². The number of carbonyl (C=O) groups excluding carboxylic acids is 1. The summed E-state index contributed by atoms with van der Waals surface area (Å²) in [6, 6.07) is 0.237. The van der Waals surface area contributed by atoms with Crippen molar-refractivity contribution in [1.29, 1.82) is 0 Å². The Balaban J connectivity index is 1.71. The molecule has 134 valence electrons. The van der Waals surface area contributed by atoms with Gasteiger partial charge in [0.1, 0.15) is 12.2 Å². The number of likely N-dealkylation sites (tertiary alicyclic amines) is 1. The maximum absolute atomic E-state index is 11.7. The summed E-state index contributed by atoms with van der Waals surface area (Å²) in [6.07, 6.45) is 3.98. The van der Waals surface area contributed by atoms with Crippen molar-refractivity contribution in [3.05, 3.63) is 12.2 Å². The van der Waals surface area contributed by atoms with E-state index in [1.54, 1.807) is 11.2 Å². The predicted octanol–water partition coefficient (Wildman–Crippen LogP) is 0.366. The maximum atomic E-state index is 11.7. The number of aromatic nitrogens is 3. The fraction of sp³-hybridized carbons (Fsp3) is 0.733. The Morgan fingerprint density at radius 3 is 2.88 bits per heavy atom. The number of aryl methyl sites for hydroxylation is 1. The molecule has 0 aliphatic carbocycles. The van der Waals surface area contributed by atoms with Gasteiger partial charge in [-0.05, 0) is 19.8 Å². The minimum Gasteiger partial charge on any atom is -0.450 e. The molecule has 0 spiro atoms. The Kier molecular flexibility index (Phi) is 6.83. The molecule has 1 aromatic heterocycles. The molecule has 0 aromatic carbocycles. The molecule has 1 amide bonds. The van der Waals surface area contributed by atoms with E-state index in [0.29, 0.717) is 38.7 Å². The highest BCUT2D eigenvalue weighted by atomic mass is 16.6. The molecule has 0 atom stereocenters. The highest BCUT2D eigenvalue weighted by Crippen LogP contribution is 2.11. The number of nitrogens with one attached hydrogen (secondary N) is 1. The molecule has 1 aliphatic rings. The molecular formula is C15H27N7O2. The van der Waals surface area contributed by atoms with Gasteiger partial charge < -0.3 is 25.3 Å². The monoisotopic (exact) mass is 337 g/mol. The predicted molar refractivity (Wildman–Crippen MR) is 90.6 cm³/mol. The van der Waals surface area contributed by atoms with Crippen LogP contribution in [0.25, 0.3) is 0 Å². The summed E-state index contributed by atoms with van der Waals surface area (Å²) in [4.78, 5) is 17.7. The van der Waals surface area contributed by atoms with E-state index in [1.165, 1.54) is 0 Å². The highest BCUT2D eigenvalue weighted by molar-refractivity contribution is 5.78. The van der Waals surface area contributed by atoms with Gasteiger partial charge in [0.05, 0.1) is 13.2 Å². The number of hydrogen-bond acceptors (Lipinski definition) is 5. The van der Waals surface area contributed by atoms with E-state index in [1.807, 2.05) is 18.4 Å². The highest BCUT2D eigenvalue weighted by Gasteiger charge is 2.23. The molecule has 1 saturated heterocycles. The zero-order valence-corrected chi connectivity index (χ0v) is 14.4. The molecule has 3 N–H and O–H groups in total. The summed E-state index contributed by atoms with van der Waals surface area (Å²) < 4.78 is 6.99. The topological polar surface area (TPSA) is 111 Å². The molecule has 24 heavy (non-hydrogen) atoms. The minimum absolute atomic E-state index is 0.237. The first-order chi connectivity index (χ1) is 11.6. The molecule has 0 saturated carbocycles. The van der Waals surface area contributed by atoms with Crippen LogP contribution in [-0.4, -0.2) is 64.0 Å². The van der Waals surface area contributed by atoms with Gasteiger partial charge in [-0.3, -0.25) is 4.99 Å². The van der Waals surface area contributed by atoms with E-state index in [9.17, 15) is 4.79 Å². The number of rotatable bonds is 6. The first kappa shape index (κ1) is 18.0. The number of ether oxygens (including phenoxy) is 1. The van der Waals surface area contributed by atoms with Crippen molar-refractivity contribution in [2.75, 3.05) is 26.2 Å². The normalized spacial score (nSPS) is 16.2. The van der Waals surface area contributed by atoms with Gasteiger partial charge in [0.25, 0.3) is 0 Å². The van der Waals surface area contributed by atoms with Crippen LogP contribution in [0, 0.1) is 0 Å². The van der Waals surface area contributed by atoms with Gasteiger partial charge in [-0.2, -0.15) is 0 Å². The lowest BCUT2D eigenvalue weighted by atomic mass is 10.1. The molecule has 0 unspecified atom stereocenters. The smallest absolute Gasteiger partial charge is 0.409 e. The molecule has 2 rings (SSSR count). The van der Waals surface area contributed by atoms with Crippen LogP contribution in [-0.2, 0) is 17.7 Å². The second kappa shape index (κ2) is 9.09. The standard InChI is InChI=1S/C15H27N7O2/c1-3-13-20-18-11-22(13)10-7-17-14(16)19-12-5-8-21(9-6-12)15(23)24-4-2/h11-12H,3-10H2,1-2H3,(H3,16,17,19). The summed E-state index contributed by atoms with van der Waals surface area (Å²) >= 11 is 0. The average molecular weight is 337 g/mol. The Bertz CT molecular complexity index is 550. The molecule has 0 radical (unpaired) electrons. The summed E-state index contributed by atoms with van der Waals surface area (Å²) in [7, 11) is 0. The molecule has 2 heterocycles. The van der Waals surface area contributed by atoms with Crippen LogP contribution >= 0.6 is 0 Å². The summed E-state index contributed by atoms with van der Waals surface area (Å²) in [6.45, 7) is 6.89. The maximum Gasteiger partial charge on any atom is 0.409 e. The van der Waals surface area contributed by atoms with E-state index in [-0.39, 0.29) is 12.1 Å². The number of hydrogen-bond donors (Lipinski definition) is 2. The van der Waals surface area contributed by atoms with Crippen LogP contribution in [0.4, 0.5) is 4.79 Å². The second-order valence-corrected chi connectivity index (χ2v) is 5.67. The van der Waals surface area contributed by atoms with Crippen LogP contribution < -0.4 is 11.1 Å². The van der Waals surface area contributed by atoms with E-state index >= 15 is 0 Å². The lowest BCUT2D eigenvalue weighted by molar-refractivity contribution is 0.0963. The number of guanidine groups is 1. The molecule has 1 aliphatic heterocycles. The van der Waals surface area contributed by atoms with Crippen molar-refractivity contribution in [3.8, 4) is 0 Å². The third kappa shape index (κ3) is 5.10. The van der Waals surface area contributed by atoms with Gasteiger partial charge in [-0.25, -0.2) is 4.79 Å². The summed E-state index contributed by atoms with van der Waals surface area (Å²) in [5.41, 5.74) is 5.95. The number of nitrogens with two attached hydrogens (primary N) is 1. The SMILES string of the molecule is CCOC(=O)N1CCC(NC(N)=NCCn2cnnc2CC)CC1. The van der Waals surface area contributed by atoms with Crippen molar-refractivity contribution in [3.63, 3.8) is 0 Å². The second-order valence-electron chi connectivity index (χ2n) is 5.67. The molecule has 1 aromatic rings. The number of carbonyl (C=O) groups is 1. The first-order valence-corrected chi connectivity index (χ1v) is 8.48. The number of piperidine rings is 1. The van der Waals surface area contributed by atoms with E-state index in [2.05, 4.69) is 20.5 Å². The number of amides is 1. The zero-order chi connectivity index (χ0) is 17.4. The lowest BCUT2D eigenvalue weighted by Crippen LogP contribution is -2.48. The molecular weight excluding hydrogens is 310 g/mol. The quantitative estimate of drug-likeness (QED) is 0.573. The van der Waals surface area contributed by atoms with Crippen LogP contribution in [0.1, 0.15) is 32.5 Å². The number of nitrogens with zero attached hydrogens (tertiary/aromatic N) is 5. The van der Waals surface area contributed by atoms with Gasteiger partial charge >= 0.3 is 6.09 Å². The van der Waals surface area contributed by atoms with Crippen LogP contribution in [0.2, 0.25) is 0 Å². The van der Waals surface area contributed by atoms with Gasteiger partial charge in [-0.15, -0.1) is 10.2 Å². The van der Waals surface area contributed by atoms with Crippen molar-refractivity contribution in [2.45, 2.75) is 45.7 Å². The lowest BCUT2D eigenvalue weighted by Gasteiger charge is -2.31. The summed E-state index contributed by atoms with van der Waals surface area (Å²) in [5, 5.41) is 11.2. The molecule has 9 nitrogen and oxygen atoms in total. The van der Waals surface area contributed by atoms with Gasteiger partial charge in [0.2, 0.25) is 0 Å². The molecule has 1 fully saturated rings. The Labute approximate surface area is 142 Å². The van der Waals surface area contributed by atoms with Crippen molar-refractivity contribution in [1.82, 2.24) is 25.0 Å². The fourth-order valence-electron chi connectivity index (χ4n) is 2.69. The van der Waals surface area contributed by atoms with E-state index in [0.717, 1.165) is 25.1 Å². The van der Waals surface area contributed by atoms with Crippen LogP contribution in [0.15, 0.2) is 11.3 Å². The van der Waals surface area contributed by atoms with E-state index in [4.69, 9.17) is 10.5 Å². The van der Waals surface area contributed by atoms with E-state index < -0.39 is 0 Å². The molecule has 0 bridgehead atoms. The number of aliphatic imine (C=N–C) groups is 1. The van der Waals surface area contributed by atoms with Gasteiger partial charge in [-0.1, -0.05) is 6.92 Å². The van der Waals surface area contributed by atoms with Gasteiger partial charge in [0.15, 0.2) is 5.96 Å². The zero-order valence-electron chi connectivity index (χ0n) is 14.4. The van der Waals surface area contributed by atoms with Crippen LogP contribution in [0.5, 0.6) is 0 Å². The van der Waals surface area contributed by atoms with Crippen molar-refractivity contribution >= 4 is 12.1 Å². The average Bonchev–Trinajstić information content (AvgIpc) is 3.03. The Morgan fingerprint density at radius 1 is 1.46 bits per heavy atom. The Morgan fingerprint density at radius 2 is 2.21 bits per heavy atom. The minimum atomic E-state index is -0.238. The summed E-state index contributed by atoms with van der Waals surface area (Å²) in [5.74, 6) is 1.39. The van der Waals surface area contributed by atoms with Gasteiger partial charge in [0, 0.05) is 32.1 Å². The fourth-order valence-corrected chi connectivity index (χ4v) is 2.69. The first-order valence-electron chi connectivity index (χ1n) is 8.48. The largest absolute Gasteiger partial charge is 0.450 e. The third-order valence-corrected chi connectivity index (χ3v) is 4.01. The molecule has 9 heteroatoms.